The van der Waals surface area contributed by atoms with Gasteiger partial charge in [0.2, 0.25) is 0 Å². The molecule has 69 heavy (non-hydrogen) atoms. The number of allylic oxidation sites excluding steroid dienone is 6. The maximum absolute atomic E-state index is 4.14. The van der Waals surface area contributed by atoms with Crippen molar-refractivity contribution < 1.29 is 0 Å². The number of benzene rings is 10. The second-order valence-electron chi connectivity index (χ2n) is 19.6. The summed E-state index contributed by atoms with van der Waals surface area (Å²) in [6, 6.07) is 64.8. The van der Waals surface area contributed by atoms with Gasteiger partial charge in [-0.05, 0) is 187 Å². The first-order chi connectivity index (χ1) is 34.1. The molecule has 0 N–H and O–H groups in total. The van der Waals surface area contributed by atoms with Crippen molar-refractivity contribution in [2.24, 2.45) is 5.92 Å². The van der Waals surface area contributed by atoms with Gasteiger partial charge in [0.15, 0.2) is 0 Å². The van der Waals surface area contributed by atoms with Crippen LogP contribution in [0.2, 0.25) is 0 Å². The lowest BCUT2D eigenvalue weighted by atomic mass is 9.65. The Morgan fingerprint density at radius 3 is 1.93 bits per heavy atom. The third-order valence-corrected chi connectivity index (χ3v) is 16.2. The van der Waals surface area contributed by atoms with Crippen LogP contribution < -0.4 is 0 Å². The number of hydrogen-bond acceptors (Lipinski definition) is 0. The van der Waals surface area contributed by atoms with Crippen LogP contribution >= 0.6 is 0 Å². The molecule has 326 valence electrons. The first-order valence-electron chi connectivity index (χ1n) is 24.9. The summed E-state index contributed by atoms with van der Waals surface area (Å²) in [6.45, 7) is 8.66. The summed E-state index contributed by atoms with van der Waals surface area (Å²) in [5.41, 5.74) is 23.8. The Morgan fingerprint density at radius 2 is 1.19 bits per heavy atom. The lowest BCUT2D eigenvalue weighted by Gasteiger charge is -2.36. The van der Waals surface area contributed by atoms with E-state index < -0.39 is 5.41 Å². The second kappa shape index (κ2) is 15.2. The van der Waals surface area contributed by atoms with Gasteiger partial charge in [-0.2, -0.15) is 0 Å². The van der Waals surface area contributed by atoms with Gasteiger partial charge in [0.1, 0.15) is 0 Å². The zero-order valence-corrected chi connectivity index (χ0v) is 39.1. The molecule has 2 atom stereocenters. The lowest BCUT2D eigenvalue weighted by Crippen LogP contribution is -2.29. The van der Waals surface area contributed by atoms with E-state index in [-0.39, 0.29) is 0 Å². The second-order valence-corrected chi connectivity index (χ2v) is 19.6. The number of fused-ring (bicyclic) bond motifs is 18. The van der Waals surface area contributed by atoms with Crippen LogP contribution in [0, 0.1) is 5.92 Å². The molecular formula is C69H50. The summed E-state index contributed by atoms with van der Waals surface area (Å²) in [6.07, 6.45) is 19.4. The fraction of sp³-hybridized carbons (Fsp3) is 0.101. The van der Waals surface area contributed by atoms with E-state index in [0.717, 1.165) is 24.8 Å². The number of hydrogen-bond donors (Lipinski definition) is 0. The van der Waals surface area contributed by atoms with Crippen LogP contribution in [0.4, 0.5) is 0 Å². The minimum absolute atomic E-state index is 0.428. The monoisotopic (exact) mass is 878 g/mol. The average molecular weight is 879 g/mol. The van der Waals surface area contributed by atoms with E-state index in [1.54, 1.807) is 0 Å². The molecule has 2 unspecified atom stereocenters. The van der Waals surface area contributed by atoms with Crippen LogP contribution in [-0.2, 0) is 11.8 Å². The van der Waals surface area contributed by atoms with Gasteiger partial charge in [-0.3, -0.25) is 0 Å². The SMILES string of the molecule is C=Cc1cccc(-c2cccc(-c3c4ccccc4c(-c4ccc5c6c(ccc5c4)-c4c(c5c(c7ccccc47)CCC=C5)C64C5=C(c6ccccc64)C(C)CC=C5)c4ccccc34)c2)c1/C=C\C. The smallest absolute Gasteiger partial charge is 0.0734 e. The summed E-state index contributed by atoms with van der Waals surface area (Å²) in [4.78, 5) is 0. The Hall–Kier alpha value is -8.06. The van der Waals surface area contributed by atoms with Gasteiger partial charge in [0.25, 0.3) is 0 Å². The molecule has 0 bridgehead atoms. The molecule has 0 nitrogen and oxygen atoms in total. The van der Waals surface area contributed by atoms with E-state index in [1.807, 2.05) is 6.08 Å². The first-order valence-corrected chi connectivity index (χ1v) is 24.9. The Kier molecular flexibility index (Phi) is 8.84. The van der Waals surface area contributed by atoms with Crippen molar-refractivity contribution in [1.82, 2.24) is 0 Å². The Balaban J connectivity index is 1.03. The van der Waals surface area contributed by atoms with E-state index in [2.05, 4.69) is 227 Å². The fourth-order valence-corrected chi connectivity index (χ4v) is 13.6. The zero-order chi connectivity index (χ0) is 46.0. The molecule has 1 spiro atoms. The Morgan fingerprint density at radius 1 is 0.536 bits per heavy atom. The zero-order valence-electron chi connectivity index (χ0n) is 39.1. The topological polar surface area (TPSA) is 0 Å². The van der Waals surface area contributed by atoms with Gasteiger partial charge in [0.05, 0.1) is 5.41 Å². The minimum atomic E-state index is -0.450. The number of aryl methyl sites for hydroxylation is 1. The molecule has 0 aliphatic heterocycles. The van der Waals surface area contributed by atoms with Crippen LogP contribution in [0.15, 0.2) is 206 Å². The summed E-state index contributed by atoms with van der Waals surface area (Å²) < 4.78 is 0. The van der Waals surface area contributed by atoms with Gasteiger partial charge in [-0.15, -0.1) is 0 Å². The van der Waals surface area contributed by atoms with Gasteiger partial charge >= 0.3 is 0 Å². The van der Waals surface area contributed by atoms with Crippen LogP contribution in [0.5, 0.6) is 0 Å². The van der Waals surface area contributed by atoms with Crippen molar-refractivity contribution in [3.05, 3.63) is 251 Å². The van der Waals surface area contributed by atoms with Crippen LogP contribution in [-0.4, -0.2) is 0 Å². The molecule has 0 amide bonds. The lowest BCUT2D eigenvalue weighted by molar-refractivity contribution is 0.732. The molecule has 0 heteroatoms. The molecular weight excluding hydrogens is 829 g/mol. The summed E-state index contributed by atoms with van der Waals surface area (Å²) >= 11 is 0. The van der Waals surface area contributed by atoms with Gasteiger partial charge < -0.3 is 0 Å². The molecule has 14 rings (SSSR count). The van der Waals surface area contributed by atoms with Gasteiger partial charge in [0, 0.05) is 0 Å². The molecule has 4 aliphatic carbocycles. The van der Waals surface area contributed by atoms with Crippen LogP contribution in [0.25, 0.3) is 111 Å². The molecule has 10 aromatic carbocycles. The summed E-state index contributed by atoms with van der Waals surface area (Å²) in [7, 11) is 0. The first kappa shape index (κ1) is 40.0. The molecule has 0 aromatic heterocycles. The molecule has 0 radical (unpaired) electrons. The highest BCUT2D eigenvalue weighted by Crippen LogP contribution is 2.67. The van der Waals surface area contributed by atoms with Gasteiger partial charge in [-0.25, -0.2) is 0 Å². The largest absolute Gasteiger partial charge is 0.0984 e. The van der Waals surface area contributed by atoms with E-state index in [9.17, 15) is 0 Å². The summed E-state index contributed by atoms with van der Waals surface area (Å²) in [5, 5.41) is 10.4. The predicted molar refractivity (Wildman–Crippen MR) is 297 cm³/mol. The third-order valence-electron chi connectivity index (χ3n) is 16.2. The number of rotatable bonds is 5. The molecule has 0 saturated carbocycles. The standard InChI is InChI=1S/C69H50/c1-4-19-48-43(5-2)21-18-33-49(48)44-22-17-23-46(40-44)64-54-27-9-11-29-56(54)65(57-30-12-10-28-55(57)64)47-37-38-50-45(41-47)36-39-60-66-53-26-8-6-24-51(53)52-25-7-13-31-58(52)68(66)69(67(50)60)61-34-15-14-32-59(61)63-42(3)20-16-35-62(63)69/h4-6,8-19,21-24,26-42H,2,7,20,25H2,1,3H3/b19-4-. The van der Waals surface area contributed by atoms with Crippen molar-refractivity contribution >= 4 is 66.9 Å². The van der Waals surface area contributed by atoms with Crippen LogP contribution in [0.3, 0.4) is 0 Å². The molecule has 10 aromatic rings. The van der Waals surface area contributed by atoms with Gasteiger partial charge in [-0.1, -0.05) is 214 Å². The minimum Gasteiger partial charge on any atom is -0.0984 e. The molecule has 0 saturated heterocycles. The highest BCUT2D eigenvalue weighted by atomic mass is 14.6. The van der Waals surface area contributed by atoms with Crippen LogP contribution in [0.1, 0.15) is 71.2 Å². The normalized spacial score (nSPS) is 17.6. The summed E-state index contributed by atoms with van der Waals surface area (Å²) in [5.74, 6) is 0.428. The maximum Gasteiger partial charge on any atom is 0.0734 e. The fourth-order valence-electron chi connectivity index (χ4n) is 13.6. The van der Waals surface area contributed by atoms with E-state index in [0.29, 0.717) is 5.92 Å². The van der Waals surface area contributed by atoms with Crippen molar-refractivity contribution in [2.45, 2.75) is 38.5 Å². The predicted octanol–water partition coefficient (Wildman–Crippen LogP) is 18.6. The quantitative estimate of drug-likeness (QED) is 0.151. The maximum atomic E-state index is 4.14. The van der Waals surface area contributed by atoms with E-state index in [1.165, 1.54) is 138 Å². The average Bonchev–Trinajstić information content (AvgIpc) is 3.89. The molecule has 4 aliphatic rings. The third kappa shape index (κ3) is 5.46. The van der Waals surface area contributed by atoms with Crippen molar-refractivity contribution in [3.63, 3.8) is 0 Å². The molecule has 0 heterocycles. The van der Waals surface area contributed by atoms with Crippen molar-refractivity contribution in [3.8, 4) is 44.5 Å². The molecule has 0 fully saturated rings. The highest BCUT2D eigenvalue weighted by Gasteiger charge is 2.55. The van der Waals surface area contributed by atoms with Crippen molar-refractivity contribution in [1.29, 1.82) is 0 Å². The highest BCUT2D eigenvalue weighted by molar-refractivity contribution is 6.22. The van der Waals surface area contributed by atoms with Crippen molar-refractivity contribution in [2.75, 3.05) is 0 Å². The Labute approximate surface area is 404 Å². The Bertz CT molecular complexity index is 3970. The van der Waals surface area contributed by atoms with E-state index in [4.69, 9.17) is 0 Å². The van der Waals surface area contributed by atoms with E-state index >= 15 is 0 Å².